The summed E-state index contributed by atoms with van der Waals surface area (Å²) < 4.78 is 19.2. The molecule has 0 saturated carbocycles. The summed E-state index contributed by atoms with van der Waals surface area (Å²) in [5.41, 5.74) is 2.78. The highest BCUT2D eigenvalue weighted by Crippen LogP contribution is 2.33. The lowest BCUT2D eigenvalue weighted by Gasteiger charge is -2.18. The van der Waals surface area contributed by atoms with Gasteiger partial charge in [-0.05, 0) is 29.8 Å². The fourth-order valence-corrected chi connectivity index (χ4v) is 4.57. The molecule has 2 fully saturated rings. The number of ether oxygens (including phenoxy) is 3. The molecule has 2 saturated heterocycles. The minimum Gasteiger partial charge on any atom is -0.485 e. The third kappa shape index (κ3) is 5.58. The number of hydrogen-bond donors (Lipinski definition) is 3. The van der Waals surface area contributed by atoms with E-state index in [1.165, 1.54) is 19.6 Å². The third-order valence-electron chi connectivity index (χ3n) is 6.34. The van der Waals surface area contributed by atoms with E-state index < -0.39 is 6.10 Å². The van der Waals surface area contributed by atoms with Gasteiger partial charge in [0.15, 0.2) is 11.8 Å². The second-order valence-corrected chi connectivity index (χ2v) is 8.99. The monoisotopic (exact) mass is 532 g/mol. The van der Waals surface area contributed by atoms with Crippen LogP contribution >= 0.6 is 0 Å². The summed E-state index contributed by atoms with van der Waals surface area (Å²) in [5.74, 6) is 0.571. The smallest absolute Gasteiger partial charge is 0.260 e. The van der Waals surface area contributed by atoms with Gasteiger partial charge in [0, 0.05) is 31.9 Å². The SMILES string of the molecule is CN=CNC(C)=O.O=c1[nH]cnc2c1c(-c1ccc(OC3COC4C(O)COC34)cc1)cn2-c1cccnc1. The van der Waals surface area contributed by atoms with E-state index in [1.54, 1.807) is 19.4 Å². The van der Waals surface area contributed by atoms with Crippen molar-refractivity contribution in [2.45, 2.75) is 31.3 Å². The van der Waals surface area contributed by atoms with Gasteiger partial charge in [-0.3, -0.25) is 24.1 Å². The molecule has 1 amide bonds. The number of carbonyl (C=O) groups is 1. The number of fused-ring (bicyclic) bond motifs is 2. The highest BCUT2D eigenvalue weighted by Gasteiger charge is 2.48. The fourth-order valence-electron chi connectivity index (χ4n) is 4.57. The van der Waals surface area contributed by atoms with Gasteiger partial charge in [-0.1, -0.05) is 12.1 Å². The number of pyridine rings is 1. The number of aliphatic imine (C=N–C) groups is 1. The average Bonchev–Trinajstić information content (AvgIpc) is 3.65. The number of nitrogens with zero attached hydrogens (tertiary/aromatic N) is 4. The largest absolute Gasteiger partial charge is 0.485 e. The summed E-state index contributed by atoms with van der Waals surface area (Å²) in [4.78, 5) is 37.4. The summed E-state index contributed by atoms with van der Waals surface area (Å²) in [6.45, 7) is 2.06. The summed E-state index contributed by atoms with van der Waals surface area (Å²) in [5, 5.41) is 12.8. The Labute approximate surface area is 223 Å². The molecule has 0 aliphatic carbocycles. The van der Waals surface area contributed by atoms with E-state index in [4.69, 9.17) is 14.2 Å². The fraction of sp³-hybridized carbons (Fsp3) is 0.296. The molecule has 0 radical (unpaired) electrons. The predicted molar refractivity (Wildman–Crippen MR) is 143 cm³/mol. The lowest BCUT2D eigenvalue weighted by atomic mass is 10.1. The number of aromatic amines is 1. The van der Waals surface area contributed by atoms with Crippen LogP contribution in [0.2, 0.25) is 0 Å². The molecule has 39 heavy (non-hydrogen) atoms. The molecule has 1 aromatic carbocycles. The molecule has 12 nitrogen and oxygen atoms in total. The van der Waals surface area contributed by atoms with Gasteiger partial charge < -0.3 is 29.6 Å². The number of hydrogen-bond acceptors (Lipinski definition) is 9. The van der Waals surface area contributed by atoms with Gasteiger partial charge in [0.25, 0.3) is 5.56 Å². The molecule has 0 bridgehead atoms. The normalized spacial score (nSPS) is 21.9. The lowest BCUT2D eigenvalue weighted by Crippen LogP contribution is -2.34. The zero-order valence-electron chi connectivity index (χ0n) is 21.4. The Hall–Kier alpha value is -4.39. The summed E-state index contributed by atoms with van der Waals surface area (Å²) in [6.07, 6.45) is 6.57. The molecule has 4 aromatic rings. The number of rotatable bonds is 5. The standard InChI is InChI=1S/C23H20N4O5.C4H8N2O/c28-17-10-30-21-18(11-31-20(17)21)32-15-5-3-13(4-6-15)16-9-27(14-2-1-7-24-8-14)22-19(16)23(29)26-12-25-22;1-4(7)6-3-5-2/h1-9,12,17-18,20-21,28H,10-11H2,(H,25,26,29);3H,1-2H3,(H,5,6,7). The molecular weight excluding hydrogens is 504 g/mol. The maximum atomic E-state index is 12.6. The molecule has 12 heteroatoms. The minimum atomic E-state index is -0.611. The topological polar surface area (TPSA) is 153 Å². The number of amides is 1. The number of benzene rings is 1. The molecule has 0 spiro atoms. The Kier molecular flexibility index (Phi) is 7.77. The van der Waals surface area contributed by atoms with E-state index in [2.05, 4.69) is 25.3 Å². The Bertz CT molecular complexity index is 1520. The van der Waals surface area contributed by atoms with E-state index in [0.717, 1.165) is 16.8 Å². The van der Waals surface area contributed by atoms with Crippen LogP contribution in [-0.4, -0.2) is 81.5 Å². The first-order valence-electron chi connectivity index (χ1n) is 12.3. The third-order valence-corrected chi connectivity index (χ3v) is 6.34. The van der Waals surface area contributed by atoms with Gasteiger partial charge in [-0.15, -0.1) is 0 Å². The minimum absolute atomic E-state index is 0.0920. The van der Waals surface area contributed by atoms with Crippen molar-refractivity contribution in [1.29, 1.82) is 0 Å². The molecule has 5 heterocycles. The van der Waals surface area contributed by atoms with Crippen LogP contribution < -0.4 is 15.6 Å². The van der Waals surface area contributed by atoms with Crippen molar-refractivity contribution in [1.82, 2.24) is 24.8 Å². The van der Waals surface area contributed by atoms with Crippen LogP contribution in [0.3, 0.4) is 0 Å². The van der Waals surface area contributed by atoms with Crippen LogP contribution in [0.25, 0.3) is 27.8 Å². The first-order chi connectivity index (χ1) is 19.0. The molecule has 3 N–H and O–H groups in total. The van der Waals surface area contributed by atoms with Crippen LogP contribution in [0.1, 0.15) is 6.92 Å². The van der Waals surface area contributed by atoms with Crippen molar-refractivity contribution in [2.75, 3.05) is 20.3 Å². The number of carbonyl (C=O) groups excluding carboxylic acids is 1. The first kappa shape index (κ1) is 26.2. The van der Waals surface area contributed by atoms with Gasteiger partial charge in [0.1, 0.15) is 24.1 Å². The van der Waals surface area contributed by atoms with Gasteiger partial charge in [0.2, 0.25) is 5.91 Å². The first-order valence-corrected chi connectivity index (χ1v) is 12.3. The van der Waals surface area contributed by atoms with Crippen molar-refractivity contribution in [3.8, 4) is 22.6 Å². The molecule has 4 atom stereocenters. The van der Waals surface area contributed by atoms with Crippen LogP contribution in [0.15, 0.2) is 71.1 Å². The maximum absolute atomic E-state index is 12.6. The van der Waals surface area contributed by atoms with Crippen LogP contribution in [-0.2, 0) is 14.3 Å². The highest BCUT2D eigenvalue weighted by atomic mass is 16.6. The second kappa shape index (κ2) is 11.6. The lowest BCUT2D eigenvalue weighted by molar-refractivity contribution is -0.117. The van der Waals surface area contributed by atoms with Crippen molar-refractivity contribution >= 4 is 23.3 Å². The molecule has 2 aliphatic rings. The molecule has 2 aliphatic heterocycles. The number of aliphatic hydroxyl groups excluding tert-OH is 1. The summed E-state index contributed by atoms with van der Waals surface area (Å²) in [7, 11) is 1.59. The number of aliphatic hydroxyl groups is 1. The van der Waals surface area contributed by atoms with Gasteiger partial charge in [-0.25, -0.2) is 4.98 Å². The van der Waals surface area contributed by atoms with Crippen molar-refractivity contribution < 1.29 is 24.1 Å². The van der Waals surface area contributed by atoms with Crippen molar-refractivity contribution in [3.05, 3.63) is 71.7 Å². The van der Waals surface area contributed by atoms with Gasteiger partial charge in [-0.2, -0.15) is 0 Å². The zero-order valence-corrected chi connectivity index (χ0v) is 21.4. The van der Waals surface area contributed by atoms with Crippen LogP contribution in [0, 0.1) is 0 Å². The van der Waals surface area contributed by atoms with Gasteiger partial charge in [0.05, 0.1) is 43.2 Å². The Morgan fingerprint density at radius 2 is 2.03 bits per heavy atom. The number of H-pyrrole nitrogens is 1. The molecule has 3 aromatic heterocycles. The quantitative estimate of drug-likeness (QED) is 0.258. The second-order valence-electron chi connectivity index (χ2n) is 8.99. The number of aromatic nitrogens is 4. The van der Waals surface area contributed by atoms with Gasteiger partial charge >= 0.3 is 0 Å². The zero-order chi connectivity index (χ0) is 27.4. The van der Waals surface area contributed by atoms with E-state index in [1.807, 2.05) is 47.2 Å². The Morgan fingerprint density at radius 3 is 2.72 bits per heavy atom. The molecule has 4 unspecified atom stereocenters. The van der Waals surface area contributed by atoms with Crippen LogP contribution in [0.5, 0.6) is 5.75 Å². The van der Waals surface area contributed by atoms with Crippen molar-refractivity contribution in [3.63, 3.8) is 0 Å². The molecular formula is C27H28N6O6. The van der Waals surface area contributed by atoms with Crippen molar-refractivity contribution in [2.24, 2.45) is 4.99 Å². The predicted octanol–water partition coefficient (Wildman–Crippen LogP) is 1.46. The average molecular weight is 533 g/mol. The van der Waals surface area contributed by atoms with E-state index in [-0.39, 0.29) is 36.4 Å². The Morgan fingerprint density at radius 1 is 1.23 bits per heavy atom. The van der Waals surface area contributed by atoms with E-state index in [0.29, 0.717) is 23.4 Å². The Balaban J connectivity index is 0.000000392. The van der Waals surface area contributed by atoms with Crippen LogP contribution in [0.4, 0.5) is 0 Å². The summed E-state index contributed by atoms with van der Waals surface area (Å²) in [6, 6.07) is 11.3. The highest BCUT2D eigenvalue weighted by molar-refractivity contribution is 5.94. The molecule has 6 rings (SSSR count). The molecule has 202 valence electrons. The summed E-state index contributed by atoms with van der Waals surface area (Å²) >= 11 is 0. The number of nitrogens with one attached hydrogen (secondary N) is 2. The van der Waals surface area contributed by atoms with E-state index in [9.17, 15) is 14.7 Å². The van der Waals surface area contributed by atoms with E-state index >= 15 is 0 Å². The maximum Gasteiger partial charge on any atom is 0.260 e.